The van der Waals surface area contributed by atoms with Gasteiger partial charge >= 0.3 is 11.9 Å². The molecule has 3 aromatic carbocycles. The molecule has 0 fully saturated rings. The average Bonchev–Trinajstić information content (AvgIpc) is 3.28. The number of para-hydroxylation sites is 1. The van der Waals surface area contributed by atoms with Gasteiger partial charge in [0.05, 0.1) is 11.3 Å². The van der Waals surface area contributed by atoms with Gasteiger partial charge < -0.3 is 19.9 Å². The van der Waals surface area contributed by atoms with Crippen LogP contribution in [0.5, 0.6) is 0 Å². The van der Waals surface area contributed by atoms with Crippen LogP contribution in [0.1, 0.15) is 17.0 Å². The standard InChI is InChI=1S/C25H20N2O8S/c28-23(29)14-20(25(31)32)27-36(33,34)19-11-7-16(8-12-19)15-5-9-18(10-6-15)26-24(30)22-13-17-3-1-2-4-21(17)35-22/h1-13,20,27H,14H2,(H,26,30)(H,28,29)(H,31,32)/t20-/m0/s1. The molecule has 1 atom stereocenters. The van der Waals surface area contributed by atoms with E-state index in [0.29, 0.717) is 16.8 Å². The van der Waals surface area contributed by atoms with Crippen molar-refractivity contribution in [2.24, 2.45) is 0 Å². The highest BCUT2D eigenvalue weighted by Crippen LogP contribution is 2.24. The molecule has 0 bridgehead atoms. The number of nitrogens with one attached hydrogen (secondary N) is 2. The smallest absolute Gasteiger partial charge is 0.322 e. The van der Waals surface area contributed by atoms with Crippen LogP contribution >= 0.6 is 0 Å². The minimum Gasteiger partial charge on any atom is -0.481 e. The monoisotopic (exact) mass is 508 g/mol. The normalized spacial score (nSPS) is 12.2. The molecule has 4 rings (SSSR count). The van der Waals surface area contributed by atoms with E-state index >= 15 is 0 Å². The Morgan fingerprint density at radius 1 is 0.861 bits per heavy atom. The van der Waals surface area contributed by atoms with Gasteiger partial charge in [0.25, 0.3) is 5.91 Å². The number of furan rings is 1. The number of aliphatic carboxylic acids is 2. The summed E-state index contributed by atoms with van der Waals surface area (Å²) >= 11 is 0. The number of rotatable bonds is 9. The number of carboxylic acids is 2. The van der Waals surface area contributed by atoms with Crippen LogP contribution in [0.25, 0.3) is 22.1 Å². The Kier molecular flexibility index (Phi) is 6.86. The highest BCUT2D eigenvalue weighted by molar-refractivity contribution is 7.89. The third-order valence-corrected chi connectivity index (χ3v) is 6.75. The summed E-state index contributed by atoms with van der Waals surface area (Å²) in [5.74, 6) is -3.26. The van der Waals surface area contributed by atoms with Crippen molar-refractivity contribution in [2.75, 3.05) is 5.32 Å². The second kappa shape index (κ2) is 10.0. The number of anilines is 1. The molecule has 4 N–H and O–H groups in total. The van der Waals surface area contributed by atoms with Crippen LogP contribution in [0.15, 0.2) is 88.2 Å². The molecular weight excluding hydrogens is 488 g/mol. The highest BCUT2D eigenvalue weighted by Gasteiger charge is 2.27. The maximum Gasteiger partial charge on any atom is 0.322 e. The van der Waals surface area contributed by atoms with Crippen molar-refractivity contribution in [3.63, 3.8) is 0 Å². The van der Waals surface area contributed by atoms with Crippen molar-refractivity contribution in [1.82, 2.24) is 4.72 Å². The Morgan fingerprint density at radius 3 is 2.06 bits per heavy atom. The molecule has 0 saturated carbocycles. The first-order valence-electron chi connectivity index (χ1n) is 10.6. The van der Waals surface area contributed by atoms with Gasteiger partial charge in [0.15, 0.2) is 5.76 Å². The van der Waals surface area contributed by atoms with E-state index in [1.807, 2.05) is 22.9 Å². The molecular formula is C25H20N2O8S. The molecule has 0 saturated heterocycles. The van der Waals surface area contributed by atoms with Gasteiger partial charge in [-0.2, -0.15) is 4.72 Å². The van der Waals surface area contributed by atoms with Gasteiger partial charge in [-0.25, -0.2) is 8.42 Å². The van der Waals surface area contributed by atoms with Crippen LogP contribution < -0.4 is 10.0 Å². The Bertz CT molecular complexity index is 1510. The quantitative estimate of drug-likeness (QED) is 0.267. The van der Waals surface area contributed by atoms with Crippen LogP contribution in [0.3, 0.4) is 0 Å². The van der Waals surface area contributed by atoms with E-state index in [2.05, 4.69) is 5.32 Å². The van der Waals surface area contributed by atoms with Gasteiger partial charge in [-0.15, -0.1) is 0 Å². The zero-order valence-electron chi connectivity index (χ0n) is 18.5. The summed E-state index contributed by atoms with van der Waals surface area (Å²) in [5.41, 5.74) is 2.55. The third kappa shape index (κ3) is 5.59. The zero-order valence-corrected chi connectivity index (χ0v) is 19.4. The number of hydrogen-bond donors (Lipinski definition) is 4. The van der Waals surface area contributed by atoms with Gasteiger partial charge in [-0.05, 0) is 47.5 Å². The van der Waals surface area contributed by atoms with Gasteiger partial charge in [0, 0.05) is 11.1 Å². The fourth-order valence-corrected chi connectivity index (χ4v) is 4.66. The minimum atomic E-state index is -4.26. The first kappa shape index (κ1) is 24.6. The largest absolute Gasteiger partial charge is 0.481 e. The van der Waals surface area contributed by atoms with Gasteiger partial charge in [-0.1, -0.05) is 42.5 Å². The lowest BCUT2D eigenvalue weighted by molar-refractivity contribution is -0.145. The van der Waals surface area contributed by atoms with E-state index in [1.165, 1.54) is 24.3 Å². The van der Waals surface area contributed by atoms with Gasteiger partial charge in [0.1, 0.15) is 11.6 Å². The number of sulfonamides is 1. The van der Waals surface area contributed by atoms with Crippen molar-refractivity contribution >= 4 is 44.5 Å². The molecule has 1 amide bonds. The number of benzene rings is 3. The Labute approximate surface area is 205 Å². The lowest BCUT2D eigenvalue weighted by atomic mass is 10.1. The number of carbonyl (C=O) groups excluding carboxylic acids is 1. The second-order valence-electron chi connectivity index (χ2n) is 7.81. The molecule has 0 spiro atoms. The molecule has 1 aromatic heterocycles. The molecule has 11 heteroatoms. The lowest BCUT2D eigenvalue weighted by Gasteiger charge is -2.13. The molecule has 0 radical (unpaired) electrons. The van der Waals surface area contributed by atoms with Crippen molar-refractivity contribution in [1.29, 1.82) is 0 Å². The first-order chi connectivity index (χ1) is 17.1. The topological polar surface area (TPSA) is 163 Å². The number of amides is 1. The van der Waals surface area contributed by atoms with Gasteiger partial charge in [-0.3, -0.25) is 14.4 Å². The molecule has 36 heavy (non-hydrogen) atoms. The average molecular weight is 509 g/mol. The van der Waals surface area contributed by atoms with Gasteiger partial charge in [0.2, 0.25) is 10.0 Å². The number of fused-ring (bicyclic) bond motifs is 1. The van der Waals surface area contributed by atoms with E-state index in [0.717, 1.165) is 10.9 Å². The van der Waals surface area contributed by atoms with Crippen molar-refractivity contribution < 1.29 is 37.4 Å². The molecule has 0 aliphatic heterocycles. The second-order valence-corrected chi connectivity index (χ2v) is 9.53. The maximum absolute atomic E-state index is 12.5. The fraction of sp³-hybridized carbons (Fsp3) is 0.0800. The summed E-state index contributed by atoms with van der Waals surface area (Å²) < 4.78 is 32.4. The molecule has 0 aliphatic rings. The minimum absolute atomic E-state index is 0.180. The van der Waals surface area contributed by atoms with E-state index in [9.17, 15) is 22.8 Å². The van der Waals surface area contributed by atoms with Crippen molar-refractivity contribution in [2.45, 2.75) is 17.4 Å². The molecule has 0 unspecified atom stereocenters. The number of carboxylic acid groups (broad SMARTS) is 2. The van der Waals surface area contributed by atoms with E-state index in [1.54, 1.807) is 36.4 Å². The third-order valence-electron chi connectivity index (χ3n) is 5.26. The molecule has 0 aliphatic carbocycles. The van der Waals surface area contributed by atoms with E-state index < -0.39 is 40.3 Å². The van der Waals surface area contributed by atoms with E-state index in [4.69, 9.17) is 14.6 Å². The Morgan fingerprint density at radius 2 is 1.47 bits per heavy atom. The predicted octanol–water partition coefficient (Wildman–Crippen LogP) is 3.56. The van der Waals surface area contributed by atoms with Crippen LogP contribution in [0.2, 0.25) is 0 Å². The SMILES string of the molecule is O=C(O)C[C@H](NS(=O)(=O)c1ccc(-c2ccc(NC(=O)c3cc4ccccc4o3)cc2)cc1)C(=O)O. The molecule has 4 aromatic rings. The summed E-state index contributed by atoms with van der Waals surface area (Å²) in [4.78, 5) is 34.3. The molecule has 1 heterocycles. The van der Waals surface area contributed by atoms with Crippen LogP contribution in [-0.4, -0.2) is 42.5 Å². The maximum atomic E-state index is 12.5. The molecule has 184 valence electrons. The zero-order chi connectivity index (χ0) is 25.9. The summed E-state index contributed by atoms with van der Waals surface area (Å²) in [6.45, 7) is 0. The molecule has 10 nitrogen and oxygen atoms in total. The fourth-order valence-electron chi connectivity index (χ4n) is 3.47. The van der Waals surface area contributed by atoms with Crippen LogP contribution in [0, 0.1) is 0 Å². The van der Waals surface area contributed by atoms with Crippen molar-refractivity contribution in [3.8, 4) is 11.1 Å². The predicted molar refractivity (Wildman–Crippen MR) is 130 cm³/mol. The summed E-state index contributed by atoms with van der Waals surface area (Å²) in [6.07, 6.45) is -0.897. The number of hydrogen-bond acceptors (Lipinski definition) is 6. The first-order valence-corrected chi connectivity index (χ1v) is 12.1. The summed E-state index contributed by atoms with van der Waals surface area (Å²) in [7, 11) is -4.26. The lowest BCUT2D eigenvalue weighted by Crippen LogP contribution is -2.42. The Hall–Kier alpha value is -4.48. The van der Waals surface area contributed by atoms with Crippen LogP contribution in [0.4, 0.5) is 5.69 Å². The van der Waals surface area contributed by atoms with E-state index in [-0.39, 0.29) is 10.7 Å². The van der Waals surface area contributed by atoms with Crippen LogP contribution in [-0.2, 0) is 19.6 Å². The summed E-state index contributed by atoms with van der Waals surface area (Å²) in [6, 6.07) is 19.6. The summed E-state index contributed by atoms with van der Waals surface area (Å²) in [5, 5.41) is 21.4. The number of carbonyl (C=O) groups is 3. The van der Waals surface area contributed by atoms with Crippen molar-refractivity contribution in [3.05, 3.63) is 84.6 Å². The highest BCUT2D eigenvalue weighted by atomic mass is 32.2. The Balaban J connectivity index is 1.44.